The van der Waals surface area contributed by atoms with Crippen LogP contribution in [0.1, 0.15) is 40.0 Å². The maximum Gasteiger partial charge on any atom is 0.262 e. The van der Waals surface area contributed by atoms with Crippen LogP contribution in [-0.4, -0.2) is 32.9 Å². The van der Waals surface area contributed by atoms with Gasteiger partial charge < -0.3 is 4.90 Å². The van der Waals surface area contributed by atoms with E-state index in [9.17, 15) is 9.59 Å². The molecule has 0 N–H and O–H groups in total. The highest BCUT2D eigenvalue weighted by Gasteiger charge is 2.50. The van der Waals surface area contributed by atoms with Crippen molar-refractivity contribution in [2.24, 2.45) is 10.8 Å². The van der Waals surface area contributed by atoms with E-state index in [1.807, 2.05) is 10.3 Å². The normalized spacial score (nSPS) is 28.5. The fourth-order valence-corrected chi connectivity index (χ4v) is 5.72. The first kappa shape index (κ1) is 15.8. The first-order chi connectivity index (χ1) is 11.3. The molecule has 5 nitrogen and oxygen atoms in total. The molecule has 2 bridgehead atoms. The Balaban J connectivity index is 1.58. The van der Waals surface area contributed by atoms with Crippen LogP contribution >= 0.6 is 11.3 Å². The van der Waals surface area contributed by atoms with E-state index in [1.165, 1.54) is 22.2 Å². The molecule has 1 aliphatic heterocycles. The monoisotopic (exact) mass is 345 g/mol. The van der Waals surface area contributed by atoms with E-state index in [0.717, 1.165) is 30.6 Å². The third kappa shape index (κ3) is 2.57. The van der Waals surface area contributed by atoms with Gasteiger partial charge >= 0.3 is 0 Å². The molecule has 1 saturated carbocycles. The summed E-state index contributed by atoms with van der Waals surface area (Å²) >= 11 is 1.45. The minimum Gasteiger partial charge on any atom is -0.338 e. The Morgan fingerprint density at radius 1 is 1.38 bits per heavy atom. The molecule has 128 valence electrons. The zero-order valence-electron chi connectivity index (χ0n) is 14.4. The second kappa shape index (κ2) is 5.15. The Labute approximate surface area is 145 Å². The zero-order valence-corrected chi connectivity index (χ0v) is 15.2. The molecule has 6 heteroatoms. The average Bonchev–Trinajstić information content (AvgIpc) is 3.03. The SMILES string of the molecule is CC1(C)C[C@@H]2C[C@@](C)(CN2C(=O)Cn2cnc3sccc3c2=O)C1. The summed E-state index contributed by atoms with van der Waals surface area (Å²) in [7, 11) is 0. The van der Waals surface area contributed by atoms with Crippen molar-refractivity contribution in [3.63, 3.8) is 0 Å². The van der Waals surface area contributed by atoms with E-state index in [2.05, 4.69) is 25.8 Å². The van der Waals surface area contributed by atoms with Crippen LogP contribution in [0.5, 0.6) is 0 Å². The van der Waals surface area contributed by atoms with Gasteiger partial charge in [-0.05, 0) is 41.5 Å². The Bertz CT molecular complexity index is 869. The number of rotatable bonds is 2. The topological polar surface area (TPSA) is 55.2 Å². The molecular weight excluding hydrogens is 322 g/mol. The molecular formula is C18H23N3O2S. The summed E-state index contributed by atoms with van der Waals surface area (Å²) < 4.78 is 1.45. The number of nitrogens with zero attached hydrogens (tertiary/aromatic N) is 3. The predicted molar refractivity (Wildman–Crippen MR) is 95.1 cm³/mol. The summed E-state index contributed by atoms with van der Waals surface area (Å²) in [5.74, 6) is 0.0416. The second-order valence-electron chi connectivity index (χ2n) is 8.55. The van der Waals surface area contributed by atoms with Crippen LogP contribution in [0.2, 0.25) is 0 Å². The minimum absolute atomic E-state index is 0.0416. The van der Waals surface area contributed by atoms with Crippen molar-refractivity contribution >= 4 is 27.5 Å². The van der Waals surface area contributed by atoms with Gasteiger partial charge in [-0.3, -0.25) is 14.2 Å². The highest BCUT2D eigenvalue weighted by atomic mass is 32.1. The zero-order chi connectivity index (χ0) is 17.1. The number of amides is 1. The van der Waals surface area contributed by atoms with Crippen LogP contribution in [0.4, 0.5) is 0 Å². The van der Waals surface area contributed by atoms with Gasteiger partial charge in [0.25, 0.3) is 5.56 Å². The Morgan fingerprint density at radius 2 is 2.17 bits per heavy atom. The highest BCUT2D eigenvalue weighted by Crippen LogP contribution is 2.52. The molecule has 4 rings (SSSR count). The first-order valence-corrected chi connectivity index (χ1v) is 9.37. The van der Waals surface area contributed by atoms with Gasteiger partial charge in [-0.2, -0.15) is 0 Å². The van der Waals surface area contributed by atoms with Crippen molar-refractivity contribution in [3.8, 4) is 0 Å². The van der Waals surface area contributed by atoms with Crippen molar-refractivity contribution in [1.82, 2.24) is 14.5 Å². The molecule has 1 saturated heterocycles. The number of hydrogen-bond donors (Lipinski definition) is 0. The number of thiophene rings is 1. The van der Waals surface area contributed by atoms with Crippen LogP contribution in [-0.2, 0) is 11.3 Å². The summed E-state index contributed by atoms with van der Waals surface area (Å²) in [5.41, 5.74) is 0.367. The number of hydrogen-bond acceptors (Lipinski definition) is 4. The Morgan fingerprint density at radius 3 is 2.96 bits per heavy atom. The summed E-state index contributed by atoms with van der Waals surface area (Å²) in [5, 5.41) is 2.46. The molecule has 0 aromatic carbocycles. The highest BCUT2D eigenvalue weighted by molar-refractivity contribution is 7.16. The van der Waals surface area contributed by atoms with Gasteiger partial charge in [-0.1, -0.05) is 20.8 Å². The largest absolute Gasteiger partial charge is 0.338 e. The van der Waals surface area contributed by atoms with E-state index in [-0.39, 0.29) is 28.8 Å². The van der Waals surface area contributed by atoms with E-state index in [0.29, 0.717) is 11.4 Å². The number of aromatic nitrogens is 2. The summed E-state index contributed by atoms with van der Waals surface area (Å²) in [4.78, 5) is 32.4. The van der Waals surface area contributed by atoms with Gasteiger partial charge in [0.05, 0.1) is 11.7 Å². The molecule has 24 heavy (non-hydrogen) atoms. The molecule has 2 atom stereocenters. The molecule has 2 aliphatic rings. The van der Waals surface area contributed by atoms with Gasteiger partial charge in [0.1, 0.15) is 11.4 Å². The Kier molecular flexibility index (Phi) is 3.39. The maximum absolute atomic E-state index is 12.9. The number of likely N-dealkylation sites (tertiary alicyclic amines) is 1. The lowest BCUT2D eigenvalue weighted by atomic mass is 9.65. The molecule has 0 unspecified atom stereocenters. The van der Waals surface area contributed by atoms with E-state index < -0.39 is 0 Å². The van der Waals surface area contributed by atoms with Crippen LogP contribution in [0.25, 0.3) is 10.2 Å². The van der Waals surface area contributed by atoms with Gasteiger partial charge in [0.2, 0.25) is 5.91 Å². The second-order valence-corrected chi connectivity index (χ2v) is 9.45. The third-order valence-electron chi connectivity index (χ3n) is 5.49. The number of carbonyl (C=O) groups is 1. The fourth-order valence-electron chi connectivity index (χ4n) is 4.99. The van der Waals surface area contributed by atoms with Gasteiger partial charge in [-0.15, -0.1) is 11.3 Å². The molecule has 0 spiro atoms. The minimum atomic E-state index is -0.122. The first-order valence-electron chi connectivity index (χ1n) is 8.49. The molecule has 0 radical (unpaired) electrons. The van der Waals surface area contributed by atoms with Crippen LogP contribution in [0, 0.1) is 10.8 Å². The average molecular weight is 345 g/mol. The maximum atomic E-state index is 12.9. The van der Waals surface area contributed by atoms with Crippen molar-refractivity contribution in [3.05, 3.63) is 28.1 Å². The third-order valence-corrected chi connectivity index (χ3v) is 6.31. The predicted octanol–water partition coefficient (Wildman–Crippen LogP) is 2.89. The standard InChI is InChI=1S/C18H23N3O2S/c1-17(2)6-12-7-18(3,9-17)10-21(12)14(22)8-20-11-19-15-13(16(20)23)4-5-24-15/h4-5,11-12H,6-10H2,1-3H3/t12-,18-/m1/s1. The van der Waals surface area contributed by atoms with E-state index in [1.54, 1.807) is 6.07 Å². The lowest BCUT2D eigenvalue weighted by Crippen LogP contribution is -2.40. The summed E-state index contributed by atoms with van der Waals surface area (Å²) in [6.07, 6.45) is 4.79. The van der Waals surface area contributed by atoms with Gasteiger partial charge in [-0.25, -0.2) is 4.98 Å². The fraction of sp³-hybridized carbons (Fsp3) is 0.611. The van der Waals surface area contributed by atoms with Crippen molar-refractivity contribution < 1.29 is 4.79 Å². The van der Waals surface area contributed by atoms with Crippen LogP contribution in [0.15, 0.2) is 22.6 Å². The van der Waals surface area contributed by atoms with Crippen LogP contribution in [0.3, 0.4) is 0 Å². The number of fused-ring (bicyclic) bond motifs is 3. The van der Waals surface area contributed by atoms with E-state index >= 15 is 0 Å². The molecule has 2 aromatic heterocycles. The van der Waals surface area contributed by atoms with Gasteiger partial charge in [0, 0.05) is 12.6 Å². The lowest BCUT2D eigenvalue weighted by Gasteiger charge is -2.39. The molecule has 3 heterocycles. The number of carbonyl (C=O) groups excluding carboxylic acids is 1. The molecule has 1 amide bonds. The Hall–Kier alpha value is -1.69. The molecule has 1 aliphatic carbocycles. The lowest BCUT2D eigenvalue weighted by molar-refractivity contribution is -0.133. The quantitative estimate of drug-likeness (QED) is 0.841. The summed E-state index contributed by atoms with van der Waals surface area (Å²) in [6.45, 7) is 7.78. The van der Waals surface area contributed by atoms with E-state index in [4.69, 9.17) is 0 Å². The smallest absolute Gasteiger partial charge is 0.262 e. The van der Waals surface area contributed by atoms with Crippen molar-refractivity contribution in [1.29, 1.82) is 0 Å². The van der Waals surface area contributed by atoms with Crippen molar-refractivity contribution in [2.45, 2.75) is 52.6 Å². The van der Waals surface area contributed by atoms with Crippen LogP contribution < -0.4 is 5.56 Å². The molecule has 2 aromatic rings. The van der Waals surface area contributed by atoms with Gasteiger partial charge in [0.15, 0.2) is 0 Å². The molecule has 2 fully saturated rings. The van der Waals surface area contributed by atoms with Crippen molar-refractivity contribution in [2.75, 3.05) is 6.54 Å². The summed E-state index contributed by atoms with van der Waals surface area (Å²) in [6, 6.07) is 2.09.